The highest BCUT2D eigenvalue weighted by atomic mass is 16.5. The van der Waals surface area contributed by atoms with Gasteiger partial charge in [-0.1, -0.05) is 18.2 Å². The van der Waals surface area contributed by atoms with Crippen molar-refractivity contribution in [2.45, 2.75) is 31.3 Å². The van der Waals surface area contributed by atoms with Gasteiger partial charge in [0, 0.05) is 12.6 Å². The van der Waals surface area contributed by atoms with Gasteiger partial charge in [-0.05, 0) is 31.4 Å². The van der Waals surface area contributed by atoms with Gasteiger partial charge in [-0.3, -0.25) is 5.32 Å². The van der Waals surface area contributed by atoms with E-state index in [0.29, 0.717) is 25.9 Å². The van der Waals surface area contributed by atoms with Crippen molar-refractivity contribution in [2.24, 2.45) is 0 Å². The molecule has 0 heterocycles. The first kappa shape index (κ1) is 13.9. The highest BCUT2D eigenvalue weighted by molar-refractivity contribution is 5.20. The van der Waals surface area contributed by atoms with Gasteiger partial charge in [-0.2, -0.15) is 5.26 Å². The van der Waals surface area contributed by atoms with Gasteiger partial charge in [0.1, 0.15) is 12.4 Å². The van der Waals surface area contributed by atoms with Crippen molar-refractivity contribution >= 4 is 0 Å². The molecule has 0 aliphatic heterocycles. The van der Waals surface area contributed by atoms with E-state index < -0.39 is 0 Å². The molecule has 1 fully saturated rings. The Morgan fingerprint density at radius 2 is 2.00 bits per heavy atom. The van der Waals surface area contributed by atoms with Crippen LogP contribution in [-0.2, 0) is 4.74 Å². The monoisotopic (exact) mass is 260 g/mol. The number of hydrogen-bond acceptors (Lipinski definition) is 4. The minimum absolute atomic E-state index is 0.0810. The summed E-state index contributed by atoms with van der Waals surface area (Å²) in [5.41, 5.74) is 0. The normalized spacial score (nSPS) is 15.7. The van der Waals surface area contributed by atoms with E-state index in [0.717, 1.165) is 12.2 Å². The van der Waals surface area contributed by atoms with Gasteiger partial charge in [-0.15, -0.1) is 0 Å². The number of nitriles is 1. The molecule has 0 spiro atoms. The Balaban J connectivity index is 1.48. The predicted octanol–water partition coefficient (Wildman–Crippen LogP) is 2.12. The standard InChI is InChI=1S/C15H20N2O2/c16-12-14(17-13-6-7-13)8-9-18-10-11-19-15-4-2-1-3-5-15/h1-5,13-14,17H,6-11H2. The van der Waals surface area contributed by atoms with Crippen LogP contribution in [0.2, 0.25) is 0 Å². The third-order valence-electron chi connectivity index (χ3n) is 2.96. The van der Waals surface area contributed by atoms with Gasteiger partial charge in [0.15, 0.2) is 0 Å². The highest BCUT2D eigenvalue weighted by Crippen LogP contribution is 2.19. The summed E-state index contributed by atoms with van der Waals surface area (Å²) < 4.78 is 11.0. The van der Waals surface area contributed by atoms with Gasteiger partial charge < -0.3 is 9.47 Å². The summed E-state index contributed by atoms with van der Waals surface area (Å²) in [7, 11) is 0. The van der Waals surface area contributed by atoms with Crippen LogP contribution >= 0.6 is 0 Å². The maximum absolute atomic E-state index is 8.96. The second kappa shape index (κ2) is 7.78. The number of nitrogens with one attached hydrogen (secondary N) is 1. The number of rotatable bonds is 9. The molecule has 4 nitrogen and oxygen atoms in total. The van der Waals surface area contributed by atoms with Crippen LogP contribution < -0.4 is 10.1 Å². The summed E-state index contributed by atoms with van der Waals surface area (Å²) in [5, 5.41) is 12.2. The van der Waals surface area contributed by atoms with E-state index in [-0.39, 0.29) is 6.04 Å². The maximum Gasteiger partial charge on any atom is 0.119 e. The van der Waals surface area contributed by atoms with Crippen molar-refractivity contribution in [2.75, 3.05) is 19.8 Å². The largest absolute Gasteiger partial charge is 0.491 e. The van der Waals surface area contributed by atoms with Gasteiger partial charge >= 0.3 is 0 Å². The lowest BCUT2D eigenvalue weighted by Crippen LogP contribution is -2.30. The van der Waals surface area contributed by atoms with Crippen molar-refractivity contribution in [3.05, 3.63) is 30.3 Å². The third kappa shape index (κ3) is 5.73. The fourth-order valence-corrected chi connectivity index (χ4v) is 1.76. The molecule has 2 rings (SSSR count). The molecule has 1 atom stereocenters. The highest BCUT2D eigenvalue weighted by Gasteiger charge is 2.24. The van der Waals surface area contributed by atoms with E-state index in [1.807, 2.05) is 30.3 Å². The molecule has 1 aromatic carbocycles. The molecule has 0 radical (unpaired) electrons. The predicted molar refractivity (Wildman–Crippen MR) is 72.9 cm³/mol. The van der Waals surface area contributed by atoms with E-state index in [2.05, 4.69) is 11.4 Å². The molecular formula is C15H20N2O2. The van der Waals surface area contributed by atoms with Crippen LogP contribution in [-0.4, -0.2) is 31.9 Å². The van der Waals surface area contributed by atoms with Gasteiger partial charge in [-0.25, -0.2) is 0 Å². The summed E-state index contributed by atoms with van der Waals surface area (Å²) in [6.07, 6.45) is 3.13. The number of nitrogens with zero attached hydrogens (tertiary/aromatic N) is 1. The SMILES string of the molecule is N#CC(CCOCCOc1ccccc1)NC1CC1. The maximum atomic E-state index is 8.96. The van der Waals surface area contributed by atoms with Gasteiger partial charge in [0.05, 0.1) is 18.7 Å². The van der Waals surface area contributed by atoms with Crippen molar-refractivity contribution < 1.29 is 9.47 Å². The van der Waals surface area contributed by atoms with Crippen LogP contribution in [0.1, 0.15) is 19.3 Å². The van der Waals surface area contributed by atoms with E-state index in [1.54, 1.807) is 0 Å². The molecule has 0 aromatic heterocycles. The zero-order chi connectivity index (χ0) is 13.3. The molecule has 0 amide bonds. The lowest BCUT2D eigenvalue weighted by atomic mass is 10.2. The Bertz CT molecular complexity index is 398. The molecule has 0 bridgehead atoms. The van der Waals surface area contributed by atoms with Crippen LogP contribution in [0.4, 0.5) is 0 Å². The Hall–Kier alpha value is -1.57. The first-order chi connectivity index (χ1) is 9.38. The van der Waals surface area contributed by atoms with Crippen molar-refractivity contribution in [1.29, 1.82) is 5.26 Å². The zero-order valence-electron chi connectivity index (χ0n) is 11.0. The molecule has 102 valence electrons. The summed E-state index contributed by atoms with van der Waals surface area (Å²) in [6, 6.07) is 12.4. The molecule has 4 heteroatoms. The number of para-hydroxylation sites is 1. The average molecular weight is 260 g/mol. The van der Waals surface area contributed by atoms with Crippen LogP contribution in [0, 0.1) is 11.3 Å². The van der Waals surface area contributed by atoms with E-state index in [4.69, 9.17) is 14.7 Å². The summed E-state index contributed by atoms with van der Waals surface area (Å²) in [6.45, 7) is 1.68. The second-order valence-electron chi connectivity index (χ2n) is 4.69. The van der Waals surface area contributed by atoms with Crippen molar-refractivity contribution in [3.8, 4) is 11.8 Å². The summed E-state index contributed by atoms with van der Waals surface area (Å²) >= 11 is 0. The van der Waals surface area contributed by atoms with Crippen LogP contribution in [0.5, 0.6) is 5.75 Å². The van der Waals surface area contributed by atoms with E-state index >= 15 is 0 Å². The van der Waals surface area contributed by atoms with Crippen LogP contribution in [0.15, 0.2) is 30.3 Å². The number of hydrogen-bond donors (Lipinski definition) is 1. The fraction of sp³-hybridized carbons (Fsp3) is 0.533. The van der Waals surface area contributed by atoms with Crippen molar-refractivity contribution in [3.63, 3.8) is 0 Å². The molecule has 0 saturated heterocycles. The topological polar surface area (TPSA) is 54.3 Å². The van der Waals surface area contributed by atoms with Gasteiger partial charge in [0.2, 0.25) is 0 Å². The second-order valence-corrected chi connectivity index (χ2v) is 4.69. The molecule has 1 aliphatic rings. The Kier molecular flexibility index (Phi) is 5.67. The van der Waals surface area contributed by atoms with Crippen LogP contribution in [0.25, 0.3) is 0 Å². The lowest BCUT2D eigenvalue weighted by molar-refractivity contribution is 0.0956. The number of ether oxygens (including phenoxy) is 2. The summed E-state index contributed by atoms with van der Waals surface area (Å²) in [5.74, 6) is 0.858. The molecule has 1 saturated carbocycles. The fourth-order valence-electron chi connectivity index (χ4n) is 1.76. The quantitative estimate of drug-likeness (QED) is 0.691. The minimum atomic E-state index is -0.0810. The molecule has 19 heavy (non-hydrogen) atoms. The summed E-state index contributed by atoms with van der Waals surface area (Å²) in [4.78, 5) is 0. The van der Waals surface area contributed by atoms with Gasteiger partial charge in [0.25, 0.3) is 0 Å². The Labute approximate surface area is 114 Å². The number of benzene rings is 1. The lowest BCUT2D eigenvalue weighted by Gasteiger charge is -2.11. The Morgan fingerprint density at radius 3 is 2.68 bits per heavy atom. The van der Waals surface area contributed by atoms with E-state index in [1.165, 1.54) is 12.8 Å². The average Bonchev–Trinajstić information content (AvgIpc) is 3.26. The van der Waals surface area contributed by atoms with Crippen LogP contribution in [0.3, 0.4) is 0 Å². The molecular weight excluding hydrogens is 240 g/mol. The molecule has 1 N–H and O–H groups in total. The molecule has 1 unspecified atom stereocenters. The van der Waals surface area contributed by atoms with Crippen molar-refractivity contribution in [1.82, 2.24) is 5.32 Å². The molecule has 1 aliphatic carbocycles. The zero-order valence-corrected chi connectivity index (χ0v) is 11.0. The van der Waals surface area contributed by atoms with E-state index in [9.17, 15) is 0 Å². The Morgan fingerprint density at radius 1 is 1.21 bits per heavy atom. The first-order valence-electron chi connectivity index (χ1n) is 6.80. The third-order valence-corrected chi connectivity index (χ3v) is 2.96. The molecule has 1 aromatic rings. The first-order valence-corrected chi connectivity index (χ1v) is 6.80. The smallest absolute Gasteiger partial charge is 0.119 e. The minimum Gasteiger partial charge on any atom is -0.491 e.